The molecule has 1 fully saturated rings. The van der Waals surface area contributed by atoms with Crippen LogP contribution in [0, 0.1) is 11.8 Å². The van der Waals surface area contributed by atoms with E-state index < -0.39 is 0 Å². The molecule has 0 spiro atoms. The predicted molar refractivity (Wildman–Crippen MR) is 95.6 cm³/mol. The summed E-state index contributed by atoms with van der Waals surface area (Å²) in [7, 11) is 1.47. The molecule has 5 nitrogen and oxygen atoms in total. The monoisotopic (exact) mass is 345 g/mol. The Balaban J connectivity index is 1.65. The molecule has 0 amide bonds. The molecule has 2 aliphatic rings. The highest BCUT2D eigenvalue weighted by Gasteiger charge is 2.29. The molecule has 0 aromatic carbocycles. The van der Waals surface area contributed by atoms with Crippen LogP contribution in [0.1, 0.15) is 36.6 Å². The standard InChI is InChI=1S/C18H23N3O2S/c1-11-3-4-13-14(9-11)24-17-15(13)16(19-10-20-17)21-7-5-12(6-8-21)18(22)23-2/h10-12H,3-9H2,1-2H3/t11-/m0/s1. The van der Waals surface area contributed by atoms with Gasteiger partial charge in [-0.15, -0.1) is 11.3 Å². The SMILES string of the molecule is COC(=O)C1CCN(c2ncnc3sc4c(c23)CC[C@H](C)C4)CC1. The van der Waals surface area contributed by atoms with Crippen LogP contribution in [0.5, 0.6) is 0 Å². The molecule has 24 heavy (non-hydrogen) atoms. The molecule has 0 bridgehead atoms. The van der Waals surface area contributed by atoms with Crippen molar-refractivity contribution in [1.82, 2.24) is 9.97 Å². The largest absolute Gasteiger partial charge is 0.469 e. The van der Waals surface area contributed by atoms with E-state index in [0.29, 0.717) is 0 Å². The van der Waals surface area contributed by atoms with E-state index in [1.165, 1.54) is 35.8 Å². The van der Waals surface area contributed by atoms with Crippen LogP contribution >= 0.6 is 11.3 Å². The molecular formula is C18H23N3O2S. The second-order valence-corrected chi connectivity index (χ2v) is 8.10. The summed E-state index contributed by atoms with van der Waals surface area (Å²) in [6.07, 6.45) is 6.91. The quantitative estimate of drug-likeness (QED) is 0.782. The van der Waals surface area contributed by atoms with E-state index in [1.807, 2.05) is 11.3 Å². The normalized spacial score (nSPS) is 21.8. The Hall–Kier alpha value is -1.69. The van der Waals surface area contributed by atoms with Crippen molar-refractivity contribution < 1.29 is 9.53 Å². The number of nitrogens with zero attached hydrogens (tertiary/aromatic N) is 3. The maximum atomic E-state index is 11.7. The Kier molecular flexibility index (Phi) is 4.16. The van der Waals surface area contributed by atoms with Crippen LogP contribution in [0.15, 0.2) is 6.33 Å². The maximum absolute atomic E-state index is 11.7. The van der Waals surface area contributed by atoms with Gasteiger partial charge >= 0.3 is 5.97 Å². The first-order chi connectivity index (χ1) is 11.7. The number of thiophene rings is 1. The number of aryl methyl sites for hydroxylation is 1. The van der Waals surface area contributed by atoms with Crippen LogP contribution in [0.4, 0.5) is 5.82 Å². The molecule has 0 N–H and O–H groups in total. The third-order valence-corrected chi connectivity index (χ3v) is 6.56. The third kappa shape index (κ3) is 2.66. The van der Waals surface area contributed by atoms with E-state index >= 15 is 0 Å². The summed E-state index contributed by atoms with van der Waals surface area (Å²) < 4.78 is 4.89. The minimum Gasteiger partial charge on any atom is -0.469 e. The molecule has 3 heterocycles. The van der Waals surface area contributed by atoms with Gasteiger partial charge in [0.25, 0.3) is 0 Å². The van der Waals surface area contributed by atoms with Gasteiger partial charge in [-0.3, -0.25) is 4.79 Å². The highest BCUT2D eigenvalue weighted by atomic mass is 32.1. The molecule has 1 aliphatic heterocycles. The van der Waals surface area contributed by atoms with Gasteiger partial charge in [0.15, 0.2) is 0 Å². The topological polar surface area (TPSA) is 55.3 Å². The van der Waals surface area contributed by atoms with Crippen molar-refractivity contribution in [3.05, 3.63) is 16.8 Å². The summed E-state index contributed by atoms with van der Waals surface area (Å²) >= 11 is 1.84. The fourth-order valence-electron chi connectivity index (χ4n) is 3.99. The average molecular weight is 345 g/mol. The number of piperidine rings is 1. The number of methoxy groups -OCH3 is 1. The second-order valence-electron chi connectivity index (χ2n) is 7.01. The van der Waals surface area contributed by atoms with Crippen molar-refractivity contribution in [3.8, 4) is 0 Å². The molecule has 2 aromatic rings. The highest BCUT2D eigenvalue weighted by molar-refractivity contribution is 7.19. The van der Waals surface area contributed by atoms with Gasteiger partial charge in [0.2, 0.25) is 0 Å². The Morgan fingerprint density at radius 3 is 2.83 bits per heavy atom. The van der Waals surface area contributed by atoms with Crippen LogP contribution in [0.3, 0.4) is 0 Å². The number of anilines is 1. The molecule has 1 saturated heterocycles. The predicted octanol–water partition coefficient (Wildman–Crippen LogP) is 3.21. The molecule has 0 unspecified atom stereocenters. The van der Waals surface area contributed by atoms with Crippen LogP contribution in [0.25, 0.3) is 10.2 Å². The van der Waals surface area contributed by atoms with E-state index in [1.54, 1.807) is 6.33 Å². The van der Waals surface area contributed by atoms with Crippen LogP contribution < -0.4 is 4.90 Å². The van der Waals surface area contributed by atoms with Crippen LogP contribution in [-0.4, -0.2) is 36.1 Å². The Bertz CT molecular complexity index is 765. The number of rotatable bonds is 2. The van der Waals surface area contributed by atoms with Gasteiger partial charge in [-0.2, -0.15) is 0 Å². The lowest BCUT2D eigenvalue weighted by Gasteiger charge is -2.32. The van der Waals surface area contributed by atoms with Gasteiger partial charge in [0.1, 0.15) is 17.0 Å². The summed E-state index contributed by atoms with van der Waals surface area (Å²) in [6.45, 7) is 4.04. The molecule has 1 atom stereocenters. The van der Waals surface area contributed by atoms with Gasteiger partial charge in [-0.25, -0.2) is 9.97 Å². The summed E-state index contributed by atoms with van der Waals surface area (Å²) in [5.74, 6) is 1.78. The van der Waals surface area contributed by atoms with Crippen molar-refractivity contribution in [1.29, 1.82) is 0 Å². The molecule has 1 aliphatic carbocycles. The van der Waals surface area contributed by atoms with E-state index in [4.69, 9.17) is 4.74 Å². The molecule has 2 aromatic heterocycles. The zero-order valence-corrected chi connectivity index (χ0v) is 15.1. The zero-order valence-electron chi connectivity index (χ0n) is 14.2. The number of ether oxygens (including phenoxy) is 1. The van der Waals surface area contributed by atoms with E-state index in [9.17, 15) is 4.79 Å². The molecule has 128 valence electrons. The average Bonchev–Trinajstić information content (AvgIpc) is 2.98. The lowest BCUT2D eigenvalue weighted by atomic mass is 9.89. The van der Waals surface area contributed by atoms with Crippen molar-refractivity contribution >= 4 is 33.3 Å². The number of hydrogen-bond donors (Lipinski definition) is 0. The smallest absolute Gasteiger partial charge is 0.308 e. The minimum atomic E-state index is -0.0793. The first-order valence-corrected chi connectivity index (χ1v) is 9.57. The van der Waals surface area contributed by atoms with E-state index in [0.717, 1.165) is 48.9 Å². The molecule has 4 rings (SSSR count). The first kappa shape index (κ1) is 15.8. The minimum absolute atomic E-state index is 0.0285. The van der Waals surface area contributed by atoms with Gasteiger partial charge in [-0.05, 0) is 43.6 Å². The Labute approximate surface area is 146 Å². The highest BCUT2D eigenvalue weighted by Crippen LogP contribution is 2.41. The Morgan fingerprint density at radius 1 is 1.29 bits per heavy atom. The zero-order chi connectivity index (χ0) is 16.7. The van der Waals surface area contributed by atoms with E-state index in [2.05, 4.69) is 21.8 Å². The fraction of sp³-hybridized carbons (Fsp3) is 0.611. The second kappa shape index (κ2) is 6.31. The molecular weight excluding hydrogens is 322 g/mol. The number of carbonyl (C=O) groups is 1. The number of hydrogen-bond acceptors (Lipinski definition) is 6. The van der Waals surface area contributed by atoms with Crippen molar-refractivity contribution in [3.63, 3.8) is 0 Å². The summed E-state index contributed by atoms with van der Waals surface area (Å²) in [5, 5.41) is 1.26. The van der Waals surface area contributed by atoms with Gasteiger partial charge in [0, 0.05) is 18.0 Å². The lowest BCUT2D eigenvalue weighted by Crippen LogP contribution is -2.37. The van der Waals surface area contributed by atoms with Crippen molar-refractivity contribution in [2.45, 2.75) is 39.0 Å². The molecule has 6 heteroatoms. The lowest BCUT2D eigenvalue weighted by molar-refractivity contribution is -0.146. The summed E-state index contributed by atoms with van der Waals surface area (Å²) in [5.41, 5.74) is 1.47. The van der Waals surface area contributed by atoms with Gasteiger partial charge in [0.05, 0.1) is 18.4 Å². The fourth-order valence-corrected chi connectivity index (χ4v) is 5.34. The summed E-state index contributed by atoms with van der Waals surface area (Å²) in [4.78, 5) is 25.8. The van der Waals surface area contributed by atoms with Gasteiger partial charge in [-0.1, -0.05) is 6.92 Å². The van der Waals surface area contributed by atoms with E-state index in [-0.39, 0.29) is 11.9 Å². The molecule has 0 radical (unpaired) electrons. The maximum Gasteiger partial charge on any atom is 0.308 e. The number of carbonyl (C=O) groups excluding carboxylic acids is 1. The number of aromatic nitrogens is 2. The van der Waals surface area contributed by atoms with Gasteiger partial charge < -0.3 is 9.64 Å². The first-order valence-electron chi connectivity index (χ1n) is 8.75. The number of esters is 1. The summed E-state index contributed by atoms with van der Waals surface area (Å²) in [6, 6.07) is 0. The van der Waals surface area contributed by atoms with Crippen LogP contribution in [-0.2, 0) is 22.4 Å². The number of fused-ring (bicyclic) bond motifs is 3. The van der Waals surface area contributed by atoms with Crippen molar-refractivity contribution in [2.24, 2.45) is 11.8 Å². The van der Waals surface area contributed by atoms with Crippen LogP contribution in [0.2, 0.25) is 0 Å². The third-order valence-electron chi connectivity index (χ3n) is 5.40. The van der Waals surface area contributed by atoms with Crippen molar-refractivity contribution in [2.75, 3.05) is 25.1 Å². The Morgan fingerprint density at radius 2 is 2.08 bits per heavy atom. The molecule has 0 saturated carbocycles.